The Kier molecular flexibility index (Phi) is 5.53. The molecule has 2 aliphatic heterocycles. The molecule has 150 valence electrons. The van der Waals surface area contributed by atoms with Gasteiger partial charge in [-0.2, -0.15) is 5.10 Å². The second-order valence-corrected chi connectivity index (χ2v) is 7.45. The Morgan fingerprint density at radius 3 is 2.64 bits per heavy atom. The van der Waals surface area contributed by atoms with Gasteiger partial charge in [-0.15, -0.1) is 0 Å². The number of imide groups is 1. The van der Waals surface area contributed by atoms with Crippen LogP contribution in [0.15, 0.2) is 34.4 Å². The van der Waals surface area contributed by atoms with E-state index in [0.29, 0.717) is 24.1 Å². The number of hydrogen-bond acceptors (Lipinski definition) is 7. The second kappa shape index (κ2) is 7.87. The van der Waals surface area contributed by atoms with Crippen LogP contribution in [0.3, 0.4) is 0 Å². The van der Waals surface area contributed by atoms with Crippen molar-refractivity contribution in [2.24, 2.45) is 16.0 Å². The van der Waals surface area contributed by atoms with E-state index in [9.17, 15) is 14.7 Å². The number of fused-ring (bicyclic) bond motifs is 1. The highest BCUT2D eigenvalue weighted by molar-refractivity contribution is 6.04. The van der Waals surface area contributed by atoms with Gasteiger partial charge in [-0.25, -0.2) is 15.2 Å². The van der Waals surface area contributed by atoms with Crippen LogP contribution >= 0.6 is 0 Å². The van der Waals surface area contributed by atoms with Crippen LogP contribution < -0.4 is 10.7 Å². The molecule has 2 aliphatic rings. The van der Waals surface area contributed by atoms with Crippen LogP contribution in [0.2, 0.25) is 0 Å². The van der Waals surface area contributed by atoms with Crippen LogP contribution in [0.5, 0.6) is 5.75 Å². The molecule has 1 fully saturated rings. The van der Waals surface area contributed by atoms with Crippen molar-refractivity contribution in [1.29, 1.82) is 0 Å². The summed E-state index contributed by atoms with van der Waals surface area (Å²) in [7, 11) is 1.62. The van der Waals surface area contributed by atoms with Crippen LogP contribution in [0.1, 0.15) is 32.8 Å². The SMILES string of the molecule is C/C(=N\NC1=NC2C(C(=O)NC(=O)N2C)N1CCC(C)C)c1ccc(O)cc1. The molecular formula is C19H26N6O3. The molecule has 0 bridgehead atoms. The number of carbonyl (C=O) groups is 2. The van der Waals surface area contributed by atoms with Gasteiger partial charge in [0.1, 0.15) is 5.75 Å². The van der Waals surface area contributed by atoms with Crippen molar-refractivity contribution < 1.29 is 14.7 Å². The molecule has 2 atom stereocenters. The highest BCUT2D eigenvalue weighted by Gasteiger charge is 2.48. The number of urea groups is 1. The largest absolute Gasteiger partial charge is 0.508 e. The number of nitrogens with zero attached hydrogens (tertiary/aromatic N) is 4. The molecule has 1 aromatic rings. The molecule has 3 amide bonds. The highest BCUT2D eigenvalue weighted by Crippen LogP contribution is 2.24. The van der Waals surface area contributed by atoms with Gasteiger partial charge in [0, 0.05) is 13.6 Å². The summed E-state index contributed by atoms with van der Waals surface area (Å²) < 4.78 is 0. The molecule has 0 radical (unpaired) electrons. The summed E-state index contributed by atoms with van der Waals surface area (Å²) in [5.74, 6) is 0.753. The maximum Gasteiger partial charge on any atom is 0.325 e. The second-order valence-electron chi connectivity index (χ2n) is 7.45. The summed E-state index contributed by atoms with van der Waals surface area (Å²) in [6.45, 7) is 6.68. The standard InChI is InChI=1S/C19H26N6O3/c1-11(2)9-10-25-15-16(24(4)19(28)21-17(15)27)20-18(25)23-22-12(3)13-5-7-14(26)8-6-13/h5-8,11,15-16,26H,9-10H2,1-4H3,(H,20,23)(H,21,27,28)/b22-12+. The number of carbonyl (C=O) groups excluding carboxylic acids is 2. The quantitative estimate of drug-likeness (QED) is 0.522. The number of nitrogens with one attached hydrogen (secondary N) is 2. The van der Waals surface area contributed by atoms with Gasteiger partial charge in [-0.05, 0) is 49.1 Å². The number of hydrogen-bond donors (Lipinski definition) is 3. The van der Waals surface area contributed by atoms with Gasteiger partial charge in [0.2, 0.25) is 5.96 Å². The number of phenols is 1. The van der Waals surface area contributed by atoms with E-state index in [-0.39, 0.29) is 11.7 Å². The summed E-state index contributed by atoms with van der Waals surface area (Å²) >= 11 is 0. The number of likely N-dealkylation sites (N-methyl/N-ethyl adjacent to an activating group) is 1. The minimum absolute atomic E-state index is 0.187. The van der Waals surface area contributed by atoms with Gasteiger partial charge in [-0.3, -0.25) is 10.1 Å². The summed E-state index contributed by atoms with van der Waals surface area (Å²) in [5, 5.41) is 16.2. The van der Waals surface area contributed by atoms with Gasteiger partial charge in [0.05, 0.1) is 5.71 Å². The lowest BCUT2D eigenvalue weighted by Crippen LogP contribution is -2.64. The normalized spacial score (nSPS) is 22.3. The lowest BCUT2D eigenvalue weighted by atomic mass is 10.1. The Balaban J connectivity index is 1.83. The molecule has 1 saturated heterocycles. The molecule has 3 rings (SSSR count). The average molecular weight is 386 g/mol. The third-order valence-corrected chi connectivity index (χ3v) is 4.92. The van der Waals surface area contributed by atoms with Gasteiger partial charge in [0.25, 0.3) is 5.91 Å². The Labute approximate surface area is 164 Å². The predicted molar refractivity (Wildman–Crippen MR) is 106 cm³/mol. The minimum Gasteiger partial charge on any atom is -0.508 e. The van der Waals surface area contributed by atoms with Crippen LogP contribution in [-0.4, -0.2) is 64.3 Å². The smallest absolute Gasteiger partial charge is 0.325 e. The number of hydrazone groups is 1. The van der Waals surface area contributed by atoms with E-state index in [1.54, 1.807) is 31.3 Å². The summed E-state index contributed by atoms with van der Waals surface area (Å²) in [5.41, 5.74) is 4.52. The van der Waals surface area contributed by atoms with Crippen molar-refractivity contribution in [3.63, 3.8) is 0 Å². The molecular weight excluding hydrogens is 360 g/mol. The molecule has 9 heteroatoms. The number of aromatic hydroxyl groups is 1. The minimum atomic E-state index is -0.583. The van der Waals surface area contributed by atoms with Crippen molar-refractivity contribution in [2.45, 2.75) is 39.4 Å². The molecule has 2 unspecified atom stereocenters. The van der Waals surface area contributed by atoms with Crippen molar-refractivity contribution in [2.75, 3.05) is 13.6 Å². The number of benzene rings is 1. The average Bonchev–Trinajstić information content (AvgIpc) is 3.02. The third-order valence-electron chi connectivity index (χ3n) is 4.92. The molecule has 0 spiro atoms. The van der Waals surface area contributed by atoms with E-state index in [1.807, 2.05) is 11.8 Å². The molecule has 2 heterocycles. The molecule has 9 nitrogen and oxygen atoms in total. The summed E-state index contributed by atoms with van der Waals surface area (Å²) in [4.78, 5) is 32.3. The van der Waals surface area contributed by atoms with E-state index in [1.165, 1.54) is 4.90 Å². The Morgan fingerprint density at radius 1 is 1.32 bits per heavy atom. The molecule has 3 N–H and O–H groups in total. The number of amides is 3. The molecule has 0 saturated carbocycles. The number of guanidine groups is 1. The van der Waals surface area contributed by atoms with Crippen molar-refractivity contribution in [3.8, 4) is 5.75 Å². The molecule has 28 heavy (non-hydrogen) atoms. The fraction of sp³-hybridized carbons (Fsp3) is 0.474. The first-order valence-electron chi connectivity index (χ1n) is 9.29. The van der Waals surface area contributed by atoms with E-state index < -0.39 is 18.2 Å². The topological polar surface area (TPSA) is 110 Å². The number of aliphatic imine (C=N–C) groups is 1. The summed E-state index contributed by atoms with van der Waals surface area (Å²) in [6.07, 6.45) is 0.287. The number of rotatable bonds is 5. The van der Waals surface area contributed by atoms with Crippen molar-refractivity contribution in [3.05, 3.63) is 29.8 Å². The zero-order chi connectivity index (χ0) is 20.4. The first kappa shape index (κ1) is 19.7. The van der Waals surface area contributed by atoms with E-state index in [2.05, 4.69) is 34.7 Å². The Morgan fingerprint density at radius 2 is 2.00 bits per heavy atom. The maximum absolute atomic E-state index is 12.5. The molecule has 0 aliphatic carbocycles. The van der Waals surface area contributed by atoms with Crippen LogP contribution in [0, 0.1) is 5.92 Å². The van der Waals surface area contributed by atoms with Crippen LogP contribution in [0.25, 0.3) is 0 Å². The van der Waals surface area contributed by atoms with Gasteiger partial charge in [0.15, 0.2) is 12.2 Å². The van der Waals surface area contributed by atoms with Crippen LogP contribution in [-0.2, 0) is 4.79 Å². The molecule has 1 aromatic carbocycles. The lowest BCUT2D eigenvalue weighted by Gasteiger charge is -2.36. The fourth-order valence-electron chi connectivity index (χ4n) is 3.16. The van der Waals surface area contributed by atoms with E-state index in [0.717, 1.165) is 12.0 Å². The van der Waals surface area contributed by atoms with Crippen molar-refractivity contribution in [1.82, 2.24) is 20.5 Å². The number of phenolic OH excluding ortho intramolecular Hbond substituents is 1. The van der Waals surface area contributed by atoms with Gasteiger partial charge in [-0.1, -0.05) is 13.8 Å². The van der Waals surface area contributed by atoms with E-state index in [4.69, 9.17) is 0 Å². The Bertz CT molecular complexity index is 817. The predicted octanol–water partition coefficient (Wildman–Crippen LogP) is 1.30. The fourth-order valence-corrected chi connectivity index (χ4v) is 3.16. The first-order valence-corrected chi connectivity index (χ1v) is 9.29. The monoisotopic (exact) mass is 386 g/mol. The highest BCUT2D eigenvalue weighted by atomic mass is 16.3. The maximum atomic E-state index is 12.5. The van der Waals surface area contributed by atoms with Gasteiger partial charge < -0.3 is 14.9 Å². The Hall–Kier alpha value is -3.10. The van der Waals surface area contributed by atoms with Gasteiger partial charge >= 0.3 is 6.03 Å². The zero-order valence-corrected chi connectivity index (χ0v) is 16.5. The first-order chi connectivity index (χ1) is 13.3. The zero-order valence-electron chi connectivity index (χ0n) is 16.5. The van der Waals surface area contributed by atoms with Crippen LogP contribution in [0.4, 0.5) is 4.79 Å². The lowest BCUT2D eigenvalue weighted by molar-refractivity contribution is -0.127. The van der Waals surface area contributed by atoms with E-state index >= 15 is 0 Å². The summed E-state index contributed by atoms with van der Waals surface area (Å²) in [6, 6.07) is 5.69. The molecule has 0 aromatic heterocycles. The van der Waals surface area contributed by atoms with Crippen molar-refractivity contribution >= 4 is 23.6 Å². The third kappa shape index (κ3) is 3.92.